The van der Waals surface area contributed by atoms with Crippen molar-refractivity contribution in [2.24, 2.45) is 0 Å². The normalized spacial score (nSPS) is 15.8. The molecule has 122 valence electrons. The monoisotopic (exact) mass is 314 g/mol. The molecule has 1 aliphatic rings. The molecule has 0 heterocycles. The van der Waals surface area contributed by atoms with Crippen LogP contribution in [0.1, 0.15) is 61.6 Å². The highest BCUT2D eigenvalue weighted by atomic mass is 19.2. The molecular formula is C21H24F2. The summed E-state index contributed by atoms with van der Waals surface area (Å²) in [5.74, 6) is -1.01. The highest BCUT2D eigenvalue weighted by Crippen LogP contribution is 2.43. The lowest BCUT2D eigenvalue weighted by Gasteiger charge is -2.28. The Labute approximate surface area is 137 Å². The zero-order chi connectivity index (χ0) is 16.4. The van der Waals surface area contributed by atoms with E-state index in [1.807, 2.05) is 37.3 Å². The average Bonchev–Trinajstić information content (AvgIpc) is 2.61. The second kappa shape index (κ2) is 6.82. The van der Waals surface area contributed by atoms with Crippen molar-refractivity contribution in [1.82, 2.24) is 0 Å². The van der Waals surface area contributed by atoms with Crippen molar-refractivity contribution in [2.45, 2.75) is 58.3 Å². The third kappa shape index (κ3) is 2.91. The summed E-state index contributed by atoms with van der Waals surface area (Å²) in [4.78, 5) is 0. The lowest BCUT2D eigenvalue weighted by atomic mass is 9.76. The van der Waals surface area contributed by atoms with Crippen LogP contribution in [0.3, 0.4) is 0 Å². The molecule has 0 unspecified atom stereocenters. The number of hydrogen-bond donors (Lipinski definition) is 0. The Hall–Kier alpha value is -1.70. The molecule has 0 nitrogen and oxygen atoms in total. The Bertz CT molecular complexity index is 683. The van der Waals surface area contributed by atoms with Gasteiger partial charge in [0.25, 0.3) is 0 Å². The van der Waals surface area contributed by atoms with Crippen LogP contribution in [0.25, 0.3) is 11.1 Å². The van der Waals surface area contributed by atoms with Gasteiger partial charge in [-0.1, -0.05) is 56.5 Å². The third-order valence-corrected chi connectivity index (χ3v) is 5.22. The minimum atomic E-state index is -0.680. The van der Waals surface area contributed by atoms with Crippen molar-refractivity contribution >= 4 is 0 Å². The van der Waals surface area contributed by atoms with Gasteiger partial charge in [-0.15, -0.1) is 0 Å². The molecule has 1 saturated carbocycles. The molecule has 23 heavy (non-hydrogen) atoms. The van der Waals surface area contributed by atoms with Crippen LogP contribution in [0.15, 0.2) is 30.3 Å². The topological polar surface area (TPSA) is 0 Å². The van der Waals surface area contributed by atoms with Gasteiger partial charge in [-0.2, -0.15) is 0 Å². The highest BCUT2D eigenvalue weighted by Gasteiger charge is 2.28. The van der Waals surface area contributed by atoms with Crippen LogP contribution >= 0.6 is 0 Å². The summed E-state index contributed by atoms with van der Waals surface area (Å²) in [5.41, 5.74) is 3.85. The molecule has 0 aromatic heterocycles. The Balaban J connectivity index is 2.29. The fourth-order valence-electron chi connectivity index (χ4n) is 4.06. The Kier molecular flexibility index (Phi) is 4.79. The van der Waals surface area contributed by atoms with E-state index in [-0.39, 0.29) is 0 Å². The molecule has 2 heteroatoms. The first-order valence-electron chi connectivity index (χ1n) is 8.70. The second-order valence-electron chi connectivity index (χ2n) is 6.57. The highest BCUT2D eigenvalue weighted by molar-refractivity contribution is 5.71. The van der Waals surface area contributed by atoms with Gasteiger partial charge in [-0.25, -0.2) is 8.78 Å². The molecule has 1 fully saturated rings. The quantitative estimate of drug-likeness (QED) is 0.602. The second-order valence-corrected chi connectivity index (χ2v) is 6.57. The molecule has 3 rings (SSSR count). The molecule has 0 bridgehead atoms. The minimum Gasteiger partial charge on any atom is -0.203 e. The van der Waals surface area contributed by atoms with E-state index in [1.54, 1.807) is 6.92 Å². The van der Waals surface area contributed by atoms with Crippen LogP contribution in [0, 0.1) is 18.6 Å². The van der Waals surface area contributed by atoms with Gasteiger partial charge in [0.05, 0.1) is 0 Å². The summed E-state index contributed by atoms with van der Waals surface area (Å²) in [5, 5.41) is 0. The number of halogens is 2. The average molecular weight is 314 g/mol. The molecule has 0 saturated heterocycles. The standard InChI is InChI=1S/C21H24F2/c1-3-17-14(2)20(22)21(23)19(16-12-8-5-9-13-16)18(17)15-10-6-4-7-11-15/h5,8-9,12-13,15H,3-4,6-7,10-11H2,1-2H3. The SMILES string of the molecule is CCc1c(C)c(F)c(F)c(-c2ccccc2)c1C1CCCCC1. The van der Waals surface area contributed by atoms with Gasteiger partial charge < -0.3 is 0 Å². The van der Waals surface area contributed by atoms with Crippen molar-refractivity contribution in [3.63, 3.8) is 0 Å². The van der Waals surface area contributed by atoms with Crippen LogP contribution in [-0.4, -0.2) is 0 Å². The maximum atomic E-state index is 14.9. The van der Waals surface area contributed by atoms with Gasteiger partial charge in [0.2, 0.25) is 0 Å². The fourth-order valence-corrected chi connectivity index (χ4v) is 4.06. The van der Waals surface area contributed by atoms with Gasteiger partial charge in [0.15, 0.2) is 11.6 Å². The van der Waals surface area contributed by atoms with Crippen molar-refractivity contribution in [1.29, 1.82) is 0 Å². The summed E-state index contributed by atoms with van der Waals surface area (Å²) in [6.45, 7) is 3.76. The van der Waals surface area contributed by atoms with Crippen LogP contribution in [0.4, 0.5) is 8.78 Å². The molecule has 2 aromatic carbocycles. The van der Waals surface area contributed by atoms with Crippen molar-refractivity contribution < 1.29 is 8.78 Å². The van der Waals surface area contributed by atoms with E-state index in [4.69, 9.17) is 0 Å². The van der Waals surface area contributed by atoms with E-state index < -0.39 is 11.6 Å². The molecule has 0 aliphatic heterocycles. The van der Waals surface area contributed by atoms with Crippen LogP contribution in [0.2, 0.25) is 0 Å². The van der Waals surface area contributed by atoms with Crippen molar-refractivity contribution in [3.8, 4) is 11.1 Å². The summed E-state index contributed by atoms with van der Waals surface area (Å²) in [6.07, 6.45) is 6.52. The molecule has 0 N–H and O–H groups in total. The minimum absolute atomic E-state index is 0.350. The largest absolute Gasteiger partial charge is 0.203 e. The van der Waals surface area contributed by atoms with E-state index in [1.165, 1.54) is 19.3 Å². The molecule has 1 aliphatic carbocycles. The van der Waals surface area contributed by atoms with Gasteiger partial charge in [0.1, 0.15) is 0 Å². The summed E-state index contributed by atoms with van der Waals surface area (Å²) in [7, 11) is 0. The predicted octanol–water partition coefficient (Wildman–Crippen LogP) is 6.55. The predicted molar refractivity (Wildman–Crippen MR) is 91.7 cm³/mol. The van der Waals surface area contributed by atoms with E-state index in [9.17, 15) is 8.78 Å². The summed E-state index contributed by atoms with van der Waals surface area (Å²) >= 11 is 0. The number of benzene rings is 2. The van der Waals surface area contributed by atoms with Gasteiger partial charge in [-0.3, -0.25) is 0 Å². The van der Waals surface area contributed by atoms with Crippen molar-refractivity contribution in [3.05, 3.63) is 58.7 Å². The molecule has 0 spiro atoms. The van der Waals surface area contributed by atoms with E-state index in [2.05, 4.69) is 0 Å². The van der Waals surface area contributed by atoms with Crippen LogP contribution < -0.4 is 0 Å². The summed E-state index contributed by atoms with van der Waals surface area (Å²) in [6, 6.07) is 9.47. The molecule has 2 aromatic rings. The summed E-state index contributed by atoms with van der Waals surface area (Å²) < 4.78 is 29.4. The van der Waals surface area contributed by atoms with E-state index in [0.29, 0.717) is 17.0 Å². The first kappa shape index (κ1) is 16.2. The lowest BCUT2D eigenvalue weighted by Crippen LogP contribution is -2.13. The maximum Gasteiger partial charge on any atom is 0.167 e. The fraction of sp³-hybridized carbons (Fsp3) is 0.429. The van der Waals surface area contributed by atoms with Crippen LogP contribution in [-0.2, 0) is 6.42 Å². The molecule has 0 radical (unpaired) electrons. The lowest BCUT2D eigenvalue weighted by molar-refractivity contribution is 0.436. The van der Waals surface area contributed by atoms with Crippen LogP contribution in [0.5, 0.6) is 0 Å². The van der Waals surface area contributed by atoms with Gasteiger partial charge in [-0.05, 0) is 54.4 Å². The molecule has 0 atom stereocenters. The Morgan fingerprint density at radius 2 is 1.61 bits per heavy atom. The zero-order valence-corrected chi connectivity index (χ0v) is 14.0. The third-order valence-electron chi connectivity index (χ3n) is 5.22. The Morgan fingerprint density at radius 3 is 2.22 bits per heavy atom. The van der Waals surface area contributed by atoms with E-state index in [0.717, 1.165) is 36.0 Å². The van der Waals surface area contributed by atoms with Gasteiger partial charge >= 0.3 is 0 Å². The smallest absolute Gasteiger partial charge is 0.167 e. The maximum absolute atomic E-state index is 14.9. The van der Waals surface area contributed by atoms with Crippen molar-refractivity contribution in [2.75, 3.05) is 0 Å². The molecular weight excluding hydrogens is 290 g/mol. The number of hydrogen-bond acceptors (Lipinski definition) is 0. The molecule has 0 amide bonds. The van der Waals surface area contributed by atoms with Gasteiger partial charge in [0, 0.05) is 5.56 Å². The first-order valence-corrected chi connectivity index (χ1v) is 8.70. The Morgan fingerprint density at radius 1 is 0.957 bits per heavy atom. The number of rotatable bonds is 3. The zero-order valence-electron chi connectivity index (χ0n) is 14.0. The van der Waals surface area contributed by atoms with E-state index >= 15 is 0 Å². The first-order chi connectivity index (χ1) is 11.1.